The molecule has 0 amide bonds. The molecular weight excluding hydrogens is 577 g/mol. The van der Waals surface area contributed by atoms with Gasteiger partial charge in [-0.1, -0.05) is 6.92 Å². The van der Waals surface area contributed by atoms with E-state index in [1.807, 2.05) is 6.92 Å². The van der Waals surface area contributed by atoms with Crippen LogP contribution in [-0.4, -0.2) is 23.8 Å². The number of rotatable bonds is 4. The molecule has 75 valence electrons. The van der Waals surface area contributed by atoms with Crippen molar-refractivity contribution >= 4 is 5.97 Å². The van der Waals surface area contributed by atoms with Crippen LogP contribution < -0.4 is 0 Å². The molecule has 0 heterocycles. The number of carbonyl (C=O) groups is 1. The summed E-state index contributed by atoms with van der Waals surface area (Å²) in [5.74, 6) is -0.382. The van der Waals surface area contributed by atoms with Gasteiger partial charge in [-0.15, -0.1) is 0 Å². The number of hydrogen-bond donors (Lipinski definition) is 1. The summed E-state index contributed by atoms with van der Waals surface area (Å²) in [5, 5.41) is 8.91. The molecule has 0 rings (SSSR count). The van der Waals surface area contributed by atoms with Crippen LogP contribution in [0.5, 0.6) is 0 Å². The van der Waals surface area contributed by atoms with Crippen LogP contribution in [0.25, 0.3) is 0 Å². The van der Waals surface area contributed by atoms with Crippen LogP contribution in [0.3, 0.4) is 0 Å². The second-order valence-corrected chi connectivity index (χ2v) is 1.98. The van der Waals surface area contributed by atoms with Gasteiger partial charge in [0.15, 0.2) is 5.97 Å². The minimum atomic E-state index is -0.524. The van der Waals surface area contributed by atoms with Gasteiger partial charge in [-0.05, 0) is 6.42 Å². The zero-order valence-corrected chi connectivity index (χ0v) is 23.4. The smallest absolute Gasteiger partial charge is 0.167 e. The first kappa shape index (κ1) is 36.8. The average Bonchev–Trinajstić information content (AvgIpc) is 1.99. The van der Waals surface area contributed by atoms with Gasteiger partial charge >= 0.3 is 0 Å². The maximum absolute atomic E-state index is 10.4. The first-order chi connectivity index (χ1) is 4.70. The normalized spacial score (nSPS) is 8.20. The van der Waals surface area contributed by atoms with Crippen LogP contribution in [0.1, 0.15) is 20.3 Å². The van der Waals surface area contributed by atoms with Crippen molar-refractivity contribution in [3.05, 3.63) is 6.42 Å². The van der Waals surface area contributed by atoms with E-state index in [-0.39, 0.29) is 176 Å². The Balaban J connectivity index is -0.0000000405. The maximum Gasteiger partial charge on any atom is 0.167 e. The molecule has 0 aliphatic heterocycles. The molecule has 1 N–H and O–H groups in total. The first-order valence-corrected chi connectivity index (χ1v) is 3.34. The van der Waals surface area contributed by atoms with E-state index >= 15 is 0 Å². The van der Waals surface area contributed by atoms with Gasteiger partial charge in [0.2, 0.25) is 0 Å². The quantitative estimate of drug-likeness (QED) is 0.384. The standard InChI is InChI=1S/C7H13O3.5Y/c1-3-6(8)5-10-7(9)4-2;;;;;/h4,6,8H,3,5H2,1-2H3;;;;;/q-1;;;;;. The van der Waals surface area contributed by atoms with Crippen molar-refractivity contribution in [2.45, 2.75) is 26.4 Å². The number of hydrogen-bond acceptors (Lipinski definition) is 3. The molecule has 3 nitrogen and oxygen atoms in total. The third kappa shape index (κ3) is 27.9. The SMILES string of the molecule is C[CH-]C(=O)OCC(O)CC.[Y].[Y].[Y].[Y].[Y]. The summed E-state index contributed by atoms with van der Waals surface area (Å²) in [6, 6.07) is 0. The van der Waals surface area contributed by atoms with Gasteiger partial charge in [0, 0.05) is 164 Å². The Hall–Kier alpha value is 4.82. The summed E-state index contributed by atoms with van der Waals surface area (Å²) in [6.45, 7) is 3.52. The zero-order chi connectivity index (χ0) is 7.98. The Kier molecular flexibility index (Phi) is 66.7. The molecule has 0 fully saturated rings. The average molecular weight is 590 g/mol. The largest absolute Gasteiger partial charge is 0.485 e. The Morgan fingerprint density at radius 1 is 1.27 bits per heavy atom. The Morgan fingerprint density at radius 2 is 1.67 bits per heavy atom. The summed E-state index contributed by atoms with van der Waals surface area (Å²) in [7, 11) is 0. The number of esters is 1. The molecule has 0 aliphatic rings. The summed E-state index contributed by atoms with van der Waals surface area (Å²) >= 11 is 0. The molecule has 0 saturated heterocycles. The van der Waals surface area contributed by atoms with E-state index in [1.54, 1.807) is 6.92 Å². The van der Waals surface area contributed by atoms with Crippen molar-refractivity contribution in [2.75, 3.05) is 6.61 Å². The van der Waals surface area contributed by atoms with Crippen LogP contribution in [0.15, 0.2) is 0 Å². The van der Waals surface area contributed by atoms with Crippen LogP contribution in [0.2, 0.25) is 0 Å². The predicted molar refractivity (Wildman–Crippen MR) is 37.2 cm³/mol. The minimum absolute atomic E-state index is 0. The number of aliphatic hydroxyl groups excluding tert-OH is 1. The molecule has 5 radical (unpaired) electrons. The molecule has 0 saturated carbocycles. The van der Waals surface area contributed by atoms with E-state index in [2.05, 4.69) is 4.74 Å². The van der Waals surface area contributed by atoms with Gasteiger partial charge in [-0.2, -0.15) is 6.92 Å². The third-order valence-electron chi connectivity index (χ3n) is 1.12. The predicted octanol–water partition coefficient (Wildman–Crippen LogP) is 0.512. The van der Waals surface area contributed by atoms with Gasteiger partial charge in [-0.3, -0.25) is 11.2 Å². The van der Waals surface area contributed by atoms with E-state index in [0.29, 0.717) is 6.42 Å². The molecule has 0 aromatic rings. The Morgan fingerprint density at radius 3 is 1.93 bits per heavy atom. The van der Waals surface area contributed by atoms with E-state index in [9.17, 15) is 4.79 Å². The van der Waals surface area contributed by atoms with Gasteiger partial charge in [0.1, 0.15) is 6.61 Å². The van der Waals surface area contributed by atoms with Crippen LogP contribution in [0, 0.1) is 6.42 Å². The van der Waals surface area contributed by atoms with E-state index in [1.165, 1.54) is 6.42 Å². The maximum atomic E-state index is 10.4. The molecule has 0 aliphatic carbocycles. The van der Waals surface area contributed by atoms with Crippen molar-refractivity contribution in [1.82, 2.24) is 0 Å². The Bertz CT molecular complexity index is 115. The zero-order valence-electron chi connectivity index (χ0n) is 9.22. The topological polar surface area (TPSA) is 46.5 Å². The summed E-state index contributed by atoms with van der Waals surface area (Å²) in [6.07, 6.45) is 1.41. The van der Waals surface area contributed by atoms with Crippen molar-refractivity contribution in [2.24, 2.45) is 0 Å². The number of ether oxygens (including phenoxy) is 1. The van der Waals surface area contributed by atoms with Crippen molar-refractivity contribution < 1.29 is 178 Å². The van der Waals surface area contributed by atoms with Crippen molar-refractivity contribution in [1.29, 1.82) is 0 Å². The fourth-order valence-corrected chi connectivity index (χ4v) is 0.380. The van der Waals surface area contributed by atoms with Crippen LogP contribution in [-0.2, 0) is 173 Å². The fraction of sp³-hybridized carbons (Fsp3) is 0.714. The van der Waals surface area contributed by atoms with Crippen LogP contribution in [0.4, 0.5) is 0 Å². The second kappa shape index (κ2) is 27.2. The molecule has 1 unspecified atom stereocenters. The van der Waals surface area contributed by atoms with Crippen LogP contribution >= 0.6 is 0 Å². The van der Waals surface area contributed by atoms with Gasteiger partial charge < -0.3 is 9.84 Å². The molecule has 0 spiro atoms. The summed E-state index contributed by atoms with van der Waals surface area (Å²) in [5.41, 5.74) is 0. The molecule has 0 aromatic heterocycles. The molecular formula is C7H13O3Y5-. The third-order valence-corrected chi connectivity index (χ3v) is 1.12. The van der Waals surface area contributed by atoms with E-state index in [4.69, 9.17) is 5.11 Å². The van der Waals surface area contributed by atoms with Crippen molar-refractivity contribution in [3.8, 4) is 0 Å². The number of aliphatic hydroxyl groups is 1. The first-order valence-electron chi connectivity index (χ1n) is 3.34. The molecule has 8 heteroatoms. The molecule has 15 heavy (non-hydrogen) atoms. The fourth-order valence-electron chi connectivity index (χ4n) is 0.380. The summed E-state index contributed by atoms with van der Waals surface area (Å²) in [4.78, 5) is 10.4. The van der Waals surface area contributed by atoms with E-state index in [0.717, 1.165) is 0 Å². The number of carbonyl (C=O) groups excluding carboxylic acids is 1. The molecule has 1 atom stereocenters. The van der Waals surface area contributed by atoms with Crippen molar-refractivity contribution in [3.63, 3.8) is 0 Å². The van der Waals surface area contributed by atoms with Gasteiger partial charge in [-0.25, -0.2) is 0 Å². The molecule has 0 aromatic carbocycles. The Labute approximate surface area is 218 Å². The van der Waals surface area contributed by atoms with Gasteiger partial charge in [0.25, 0.3) is 0 Å². The van der Waals surface area contributed by atoms with Gasteiger partial charge in [0.05, 0.1) is 6.10 Å². The molecule has 0 bridgehead atoms. The summed E-state index contributed by atoms with van der Waals surface area (Å²) < 4.78 is 4.60. The van der Waals surface area contributed by atoms with E-state index < -0.39 is 6.10 Å². The second-order valence-electron chi connectivity index (χ2n) is 1.98. The monoisotopic (exact) mass is 590 g/mol. The minimum Gasteiger partial charge on any atom is -0.485 e.